The van der Waals surface area contributed by atoms with E-state index in [1.165, 1.54) is 0 Å². The average molecular weight is 250 g/mol. The first-order valence-corrected chi connectivity index (χ1v) is 3.93. The SMILES string of the molecule is C=C(C)C(=O)OC(F)(F)C(F)CC(F)(F)F. The van der Waals surface area contributed by atoms with Crippen LogP contribution in [0.1, 0.15) is 13.3 Å². The molecular weight excluding hydrogens is 242 g/mol. The lowest BCUT2D eigenvalue weighted by atomic mass is 10.2. The van der Waals surface area contributed by atoms with Crippen molar-refractivity contribution in [3.63, 3.8) is 0 Å². The summed E-state index contributed by atoms with van der Waals surface area (Å²) in [6.07, 6.45) is -16.0. The minimum absolute atomic E-state index is 0.473. The van der Waals surface area contributed by atoms with Gasteiger partial charge in [-0.05, 0) is 6.92 Å². The fourth-order valence-electron chi connectivity index (χ4n) is 0.597. The number of carbonyl (C=O) groups excluding carboxylic acids is 1. The van der Waals surface area contributed by atoms with E-state index in [-0.39, 0.29) is 0 Å². The van der Waals surface area contributed by atoms with Crippen LogP contribution in [0.3, 0.4) is 0 Å². The summed E-state index contributed by atoms with van der Waals surface area (Å²) in [4.78, 5) is 10.6. The van der Waals surface area contributed by atoms with Crippen molar-refractivity contribution in [2.45, 2.75) is 31.8 Å². The molecule has 0 aromatic rings. The molecule has 0 heterocycles. The Morgan fingerprint density at radius 1 is 1.31 bits per heavy atom. The molecule has 0 saturated heterocycles. The highest BCUT2D eigenvalue weighted by atomic mass is 19.4. The third-order valence-electron chi connectivity index (χ3n) is 1.35. The summed E-state index contributed by atoms with van der Waals surface area (Å²) in [6.45, 7) is 3.92. The van der Waals surface area contributed by atoms with Crippen molar-refractivity contribution in [1.29, 1.82) is 0 Å². The Balaban J connectivity index is 4.54. The number of ether oxygens (including phenoxy) is 1. The highest BCUT2D eigenvalue weighted by Crippen LogP contribution is 2.33. The van der Waals surface area contributed by atoms with Crippen molar-refractivity contribution in [2.24, 2.45) is 0 Å². The van der Waals surface area contributed by atoms with Crippen molar-refractivity contribution >= 4 is 5.97 Å². The molecule has 94 valence electrons. The van der Waals surface area contributed by atoms with E-state index in [1.807, 2.05) is 0 Å². The lowest BCUT2D eigenvalue weighted by Crippen LogP contribution is -2.38. The predicted octanol–water partition coefficient (Wildman–Crippen LogP) is 2.99. The number of rotatable bonds is 4. The number of carbonyl (C=O) groups is 1. The summed E-state index contributed by atoms with van der Waals surface area (Å²) in [7, 11) is 0. The first kappa shape index (κ1) is 14.8. The van der Waals surface area contributed by atoms with Gasteiger partial charge in [0.2, 0.25) is 6.17 Å². The first-order chi connectivity index (χ1) is 6.96. The maximum Gasteiger partial charge on any atom is 0.432 e. The molecule has 0 aromatic carbocycles. The molecule has 1 unspecified atom stereocenters. The number of halogens is 6. The van der Waals surface area contributed by atoms with Crippen LogP contribution in [0.4, 0.5) is 26.3 Å². The highest BCUT2D eigenvalue weighted by Gasteiger charge is 2.50. The van der Waals surface area contributed by atoms with E-state index in [0.717, 1.165) is 6.92 Å². The Kier molecular flexibility index (Phi) is 4.39. The van der Waals surface area contributed by atoms with E-state index in [0.29, 0.717) is 0 Å². The summed E-state index contributed by atoms with van der Waals surface area (Å²) in [5.41, 5.74) is -0.473. The molecule has 16 heavy (non-hydrogen) atoms. The van der Waals surface area contributed by atoms with Gasteiger partial charge in [-0.1, -0.05) is 6.58 Å². The molecule has 0 amide bonds. The molecule has 1 atom stereocenters. The molecule has 0 bridgehead atoms. The largest absolute Gasteiger partial charge is 0.432 e. The third-order valence-corrected chi connectivity index (χ3v) is 1.35. The minimum atomic E-state index is -5.11. The van der Waals surface area contributed by atoms with Crippen molar-refractivity contribution in [3.05, 3.63) is 12.2 Å². The van der Waals surface area contributed by atoms with E-state index in [4.69, 9.17) is 0 Å². The van der Waals surface area contributed by atoms with Crippen LogP contribution < -0.4 is 0 Å². The Morgan fingerprint density at radius 3 is 2.06 bits per heavy atom. The second-order valence-corrected chi connectivity index (χ2v) is 3.02. The summed E-state index contributed by atoms with van der Waals surface area (Å²) >= 11 is 0. The van der Waals surface area contributed by atoms with Gasteiger partial charge in [-0.25, -0.2) is 9.18 Å². The van der Waals surface area contributed by atoms with Crippen LogP contribution in [-0.2, 0) is 9.53 Å². The molecule has 0 aromatic heterocycles. The standard InChI is InChI=1S/C8H8F6O2/c1-4(2)6(15)16-8(13,14)5(9)3-7(10,11)12/h5H,1,3H2,2H3. The van der Waals surface area contributed by atoms with Crippen LogP contribution >= 0.6 is 0 Å². The number of hydrogen-bond donors (Lipinski definition) is 0. The Bertz CT molecular complexity index is 283. The van der Waals surface area contributed by atoms with Gasteiger partial charge in [-0.2, -0.15) is 22.0 Å². The minimum Gasteiger partial charge on any atom is -0.395 e. The predicted molar refractivity (Wildman–Crippen MR) is 41.4 cm³/mol. The zero-order valence-corrected chi connectivity index (χ0v) is 8.08. The van der Waals surface area contributed by atoms with E-state index in [2.05, 4.69) is 11.3 Å². The van der Waals surface area contributed by atoms with Crippen LogP contribution in [0, 0.1) is 0 Å². The summed E-state index contributed by atoms with van der Waals surface area (Å²) < 4.78 is 75.8. The van der Waals surface area contributed by atoms with Gasteiger partial charge in [-0.3, -0.25) is 0 Å². The van der Waals surface area contributed by atoms with Crippen molar-refractivity contribution in [1.82, 2.24) is 0 Å². The number of esters is 1. The van der Waals surface area contributed by atoms with Gasteiger partial charge in [0.25, 0.3) is 0 Å². The van der Waals surface area contributed by atoms with Crippen molar-refractivity contribution in [3.8, 4) is 0 Å². The molecular formula is C8H8F6O2. The summed E-state index contributed by atoms with van der Waals surface area (Å²) in [6, 6.07) is 0. The quantitative estimate of drug-likeness (QED) is 0.435. The van der Waals surface area contributed by atoms with Gasteiger partial charge in [-0.15, -0.1) is 0 Å². The Hall–Kier alpha value is -1.21. The number of alkyl halides is 6. The maximum atomic E-state index is 12.6. The molecule has 8 heteroatoms. The van der Waals surface area contributed by atoms with E-state index >= 15 is 0 Å². The van der Waals surface area contributed by atoms with Gasteiger partial charge in [0.05, 0.1) is 6.42 Å². The van der Waals surface area contributed by atoms with Gasteiger partial charge in [0.15, 0.2) is 0 Å². The monoisotopic (exact) mass is 250 g/mol. The average Bonchev–Trinajstić information content (AvgIpc) is 1.99. The molecule has 0 spiro atoms. The second-order valence-electron chi connectivity index (χ2n) is 3.02. The normalized spacial score (nSPS) is 14.4. The molecule has 0 aliphatic carbocycles. The van der Waals surface area contributed by atoms with Crippen LogP contribution in [0.25, 0.3) is 0 Å². The van der Waals surface area contributed by atoms with E-state index in [1.54, 1.807) is 0 Å². The van der Waals surface area contributed by atoms with Gasteiger partial charge in [0, 0.05) is 5.57 Å². The number of hydrogen-bond acceptors (Lipinski definition) is 2. The summed E-state index contributed by atoms with van der Waals surface area (Å²) in [5.74, 6) is -1.66. The zero-order chi connectivity index (χ0) is 13.1. The topological polar surface area (TPSA) is 26.3 Å². The van der Waals surface area contributed by atoms with Crippen LogP contribution in [-0.4, -0.2) is 24.4 Å². The fraction of sp³-hybridized carbons (Fsp3) is 0.625. The first-order valence-electron chi connectivity index (χ1n) is 3.93. The molecule has 0 rings (SSSR count). The van der Waals surface area contributed by atoms with Crippen molar-refractivity contribution in [2.75, 3.05) is 0 Å². The molecule has 0 aliphatic heterocycles. The molecule has 0 fully saturated rings. The highest BCUT2D eigenvalue weighted by molar-refractivity contribution is 5.87. The zero-order valence-electron chi connectivity index (χ0n) is 8.08. The molecule has 0 N–H and O–H groups in total. The van der Waals surface area contributed by atoms with Crippen LogP contribution in [0.15, 0.2) is 12.2 Å². The Labute approximate surface area is 86.9 Å². The molecule has 0 saturated carbocycles. The smallest absolute Gasteiger partial charge is 0.395 e. The van der Waals surface area contributed by atoms with Crippen molar-refractivity contribution < 1.29 is 35.9 Å². The molecule has 0 aliphatic rings. The Morgan fingerprint density at radius 2 is 1.75 bits per heavy atom. The van der Waals surface area contributed by atoms with Gasteiger partial charge < -0.3 is 4.74 Å². The third kappa shape index (κ3) is 5.04. The summed E-state index contributed by atoms with van der Waals surface area (Å²) in [5, 5.41) is 0. The maximum absolute atomic E-state index is 12.6. The van der Waals surface area contributed by atoms with E-state index in [9.17, 15) is 31.1 Å². The van der Waals surface area contributed by atoms with Crippen LogP contribution in [0.5, 0.6) is 0 Å². The lowest BCUT2D eigenvalue weighted by Gasteiger charge is -2.21. The second kappa shape index (κ2) is 4.75. The molecule has 2 nitrogen and oxygen atoms in total. The van der Waals surface area contributed by atoms with E-state index < -0.39 is 36.4 Å². The lowest BCUT2D eigenvalue weighted by molar-refractivity contribution is -0.275. The van der Waals surface area contributed by atoms with Gasteiger partial charge >= 0.3 is 18.3 Å². The molecule has 0 radical (unpaired) electrons. The fourth-order valence-corrected chi connectivity index (χ4v) is 0.597. The van der Waals surface area contributed by atoms with Gasteiger partial charge in [0.1, 0.15) is 0 Å². The van der Waals surface area contributed by atoms with Crippen LogP contribution in [0.2, 0.25) is 0 Å².